The quantitative estimate of drug-likeness (QED) is 0.621. The molecule has 1 unspecified atom stereocenters. The fraction of sp³-hybridized carbons (Fsp3) is 0.300. The Hall–Kier alpha value is -2.93. The summed E-state index contributed by atoms with van der Waals surface area (Å²) < 4.78 is 10.8. The van der Waals surface area contributed by atoms with Crippen molar-refractivity contribution < 1.29 is 14.1 Å². The zero-order chi connectivity index (χ0) is 19.5. The van der Waals surface area contributed by atoms with E-state index in [4.69, 9.17) is 20.9 Å². The number of hydrogen-bond acceptors (Lipinski definition) is 6. The van der Waals surface area contributed by atoms with E-state index < -0.39 is 0 Å². The molecule has 28 heavy (non-hydrogen) atoms. The van der Waals surface area contributed by atoms with Crippen LogP contribution in [-0.4, -0.2) is 46.1 Å². The molecule has 1 aliphatic rings. The number of nitrogens with zero attached hydrogens (tertiary/aromatic N) is 4. The lowest BCUT2D eigenvalue weighted by molar-refractivity contribution is 0.0703. The average molecular weight is 399 g/mol. The number of halogens is 1. The summed E-state index contributed by atoms with van der Waals surface area (Å²) in [6, 6.07) is 10.8. The highest BCUT2D eigenvalue weighted by Gasteiger charge is 2.29. The van der Waals surface area contributed by atoms with Gasteiger partial charge in [-0.25, -0.2) is 4.98 Å². The van der Waals surface area contributed by atoms with Crippen LogP contribution in [0.25, 0.3) is 11.5 Å². The van der Waals surface area contributed by atoms with E-state index in [1.165, 1.54) is 6.20 Å². The summed E-state index contributed by atoms with van der Waals surface area (Å²) in [6.45, 7) is 1.22. The van der Waals surface area contributed by atoms with Crippen LogP contribution >= 0.6 is 11.6 Å². The highest BCUT2D eigenvalue weighted by molar-refractivity contribution is 6.29. The minimum atomic E-state index is -0.0672. The van der Waals surface area contributed by atoms with Crippen molar-refractivity contribution in [3.05, 3.63) is 59.1 Å². The van der Waals surface area contributed by atoms with Gasteiger partial charge in [-0.3, -0.25) is 4.79 Å². The molecule has 4 rings (SSSR count). The number of rotatable bonds is 4. The molecule has 0 N–H and O–H groups in total. The van der Waals surface area contributed by atoms with Gasteiger partial charge in [0.25, 0.3) is 11.8 Å². The largest absolute Gasteiger partial charge is 0.496 e. The Bertz CT molecular complexity index is 991. The maximum absolute atomic E-state index is 12.8. The summed E-state index contributed by atoms with van der Waals surface area (Å²) in [5.41, 5.74) is 1.28. The van der Waals surface area contributed by atoms with Crippen LogP contribution < -0.4 is 4.74 Å². The molecule has 1 aromatic carbocycles. The van der Waals surface area contributed by atoms with E-state index in [9.17, 15) is 4.79 Å². The molecule has 2 aromatic heterocycles. The van der Waals surface area contributed by atoms with Crippen molar-refractivity contribution >= 4 is 17.5 Å². The highest BCUT2D eigenvalue weighted by Crippen LogP contribution is 2.31. The Kier molecular flexibility index (Phi) is 5.25. The molecule has 1 saturated heterocycles. The van der Waals surface area contributed by atoms with Gasteiger partial charge in [-0.15, -0.1) is 0 Å². The van der Waals surface area contributed by atoms with Crippen molar-refractivity contribution in [3.8, 4) is 17.2 Å². The highest BCUT2D eigenvalue weighted by atomic mass is 35.5. The lowest BCUT2D eigenvalue weighted by atomic mass is 9.97. The predicted molar refractivity (Wildman–Crippen MR) is 103 cm³/mol. The standard InChI is InChI=1S/C20H19ClN4O3/c1-27-16-7-3-2-6-15(16)19-23-18(24-28-19)14-5-4-10-25(12-14)20(26)13-8-9-22-17(21)11-13/h2-3,6-9,11,14H,4-5,10,12H2,1H3. The first kappa shape index (κ1) is 18.4. The first-order chi connectivity index (χ1) is 13.7. The summed E-state index contributed by atoms with van der Waals surface area (Å²) in [4.78, 5) is 23.1. The summed E-state index contributed by atoms with van der Waals surface area (Å²) >= 11 is 5.91. The van der Waals surface area contributed by atoms with Gasteiger partial charge >= 0.3 is 0 Å². The molecule has 3 heterocycles. The Morgan fingerprint density at radius 2 is 2.18 bits per heavy atom. The van der Waals surface area contributed by atoms with Crippen LogP contribution in [0.3, 0.4) is 0 Å². The molecule has 144 valence electrons. The van der Waals surface area contributed by atoms with E-state index in [1.807, 2.05) is 24.3 Å². The topological polar surface area (TPSA) is 81.4 Å². The van der Waals surface area contributed by atoms with Crippen molar-refractivity contribution in [1.29, 1.82) is 0 Å². The number of methoxy groups -OCH3 is 1. The molecule has 0 aliphatic carbocycles. The van der Waals surface area contributed by atoms with Crippen LogP contribution in [0.15, 0.2) is 47.1 Å². The Balaban J connectivity index is 1.52. The van der Waals surface area contributed by atoms with Crippen LogP contribution in [0, 0.1) is 0 Å². The second-order valence-electron chi connectivity index (χ2n) is 6.62. The van der Waals surface area contributed by atoms with E-state index in [-0.39, 0.29) is 11.8 Å². The average Bonchev–Trinajstić information content (AvgIpc) is 3.23. The molecular formula is C20H19ClN4O3. The van der Waals surface area contributed by atoms with Crippen LogP contribution in [0.5, 0.6) is 5.75 Å². The van der Waals surface area contributed by atoms with Crippen molar-refractivity contribution in [2.24, 2.45) is 0 Å². The fourth-order valence-electron chi connectivity index (χ4n) is 3.42. The van der Waals surface area contributed by atoms with Gasteiger partial charge in [0.05, 0.1) is 12.7 Å². The van der Waals surface area contributed by atoms with E-state index in [2.05, 4.69) is 15.1 Å². The van der Waals surface area contributed by atoms with Gasteiger partial charge in [0.2, 0.25) is 0 Å². The monoisotopic (exact) mass is 398 g/mol. The molecule has 0 spiro atoms. The van der Waals surface area contributed by atoms with Crippen LogP contribution in [-0.2, 0) is 0 Å². The minimum absolute atomic E-state index is 0.0159. The molecule has 1 atom stereocenters. The van der Waals surface area contributed by atoms with Gasteiger partial charge < -0.3 is 14.2 Å². The number of ether oxygens (including phenoxy) is 1. The van der Waals surface area contributed by atoms with Crippen molar-refractivity contribution in [3.63, 3.8) is 0 Å². The summed E-state index contributed by atoms with van der Waals surface area (Å²) in [6.07, 6.45) is 3.30. The second-order valence-corrected chi connectivity index (χ2v) is 7.00. The number of piperidine rings is 1. The smallest absolute Gasteiger partial charge is 0.261 e. The van der Waals surface area contributed by atoms with Crippen LogP contribution in [0.2, 0.25) is 5.15 Å². The van der Waals surface area contributed by atoms with Gasteiger partial charge in [0.1, 0.15) is 10.9 Å². The SMILES string of the molecule is COc1ccccc1-c1nc(C2CCCN(C(=O)c3ccnc(Cl)c3)C2)no1. The molecule has 8 heteroatoms. The van der Waals surface area contributed by atoms with E-state index in [1.54, 1.807) is 24.1 Å². The number of hydrogen-bond donors (Lipinski definition) is 0. The number of carbonyl (C=O) groups excluding carboxylic acids is 1. The number of pyridine rings is 1. The molecule has 1 amide bonds. The van der Waals surface area contributed by atoms with Crippen molar-refractivity contribution in [2.75, 3.05) is 20.2 Å². The molecule has 3 aromatic rings. The maximum Gasteiger partial charge on any atom is 0.261 e. The summed E-state index contributed by atoms with van der Waals surface area (Å²) in [7, 11) is 1.60. The lowest BCUT2D eigenvalue weighted by Gasteiger charge is -2.31. The molecule has 1 aliphatic heterocycles. The number of amides is 1. The lowest BCUT2D eigenvalue weighted by Crippen LogP contribution is -2.39. The first-order valence-electron chi connectivity index (χ1n) is 9.03. The third-order valence-electron chi connectivity index (χ3n) is 4.83. The van der Waals surface area contributed by atoms with E-state index in [0.29, 0.717) is 41.3 Å². The van der Waals surface area contributed by atoms with Gasteiger partial charge in [0, 0.05) is 30.8 Å². The van der Waals surface area contributed by atoms with Gasteiger partial charge in [-0.05, 0) is 37.1 Å². The normalized spacial score (nSPS) is 16.8. The number of likely N-dealkylation sites (tertiary alicyclic amines) is 1. The Morgan fingerprint density at radius 3 is 3.00 bits per heavy atom. The maximum atomic E-state index is 12.8. The van der Waals surface area contributed by atoms with Crippen molar-refractivity contribution in [1.82, 2.24) is 20.0 Å². The third kappa shape index (κ3) is 3.71. The van der Waals surface area contributed by atoms with Crippen LogP contribution in [0.4, 0.5) is 0 Å². The number of para-hydroxylation sites is 1. The van der Waals surface area contributed by atoms with Gasteiger partial charge in [-0.2, -0.15) is 4.98 Å². The number of carbonyl (C=O) groups is 1. The molecule has 0 saturated carbocycles. The van der Waals surface area contributed by atoms with Crippen LogP contribution in [0.1, 0.15) is 34.9 Å². The Labute approximate surface area is 167 Å². The summed E-state index contributed by atoms with van der Waals surface area (Å²) in [5.74, 6) is 1.64. The van der Waals surface area contributed by atoms with Crippen molar-refractivity contribution in [2.45, 2.75) is 18.8 Å². The third-order valence-corrected chi connectivity index (χ3v) is 5.03. The number of benzene rings is 1. The van der Waals surface area contributed by atoms with Gasteiger partial charge in [-0.1, -0.05) is 28.9 Å². The van der Waals surface area contributed by atoms with E-state index in [0.717, 1.165) is 18.4 Å². The molecular weight excluding hydrogens is 380 g/mol. The molecule has 7 nitrogen and oxygen atoms in total. The fourth-order valence-corrected chi connectivity index (χ4v) is 3.60. The van der Waals surface area contributed by atoms with E-state index >= 15 is 0 Å². The molecule has 1 fully saturated rings. The first-order valence-corrected chi connectivity index (χ1v) is 9.41. The zero-order valence-corrected chi connectivity index (χ0v) is 16.1. The van der Waals surface area contributed by atoms with Gasteiger partial charge in [0.15, 0.2) is 5.82 Å². The second kappa shape index (κ2) is 7.98. The minimum Gasteiger partial charge on any atom is -0.496 e. The molecule has 0 radical (unpaired) electrons. The zero-order valence-electron chi connectivity index (χ0n) is 15.3. The number of aromatic nitrogens is 3. The summed E-state index contributed by atoms with van der Waals surface area (Å²) in [5, 5.41) is 4.47. The Morgan fingerprint density at radius 1 is 1.32 bits per heavy atom. The predicted octanol–water partition coefficient (Wildman–Crippen LogP) is 3.81. The molecule has 0 bridgehead atoms.